The molecular weight excluding hydrogens is 363 g/mol. The van der Waals surface area contributed by atoms with E-state index in [4.69, 9.17) is 13.5 Å². The molecule has 9 nitrogen and oxygen atoms in total. The van der Waals surface area contributed by atoms with Crippen molar-refractivity contribution in [2.24, 2.45) is 13.5 Å². The summed E-state index contributed by atoms with van der Waals surface area (Å²) in [5.41, 5.74) is 0. The fourth-order valence-corrected chi connectivity index (χ4v) is 19.3. The molecule has 3 saturated heterocycles. The lowest BCUT2D eigenvalue weighted by atomic mass is 10.6. The molecule has 0 unspecified atom stereocenters. The molecule has 4 rings (SSSR count). The fourth-order valence-electron chi connectivity index (χ4n) is 3.81. The van der Waals surface area contributed by atoms with Gasteiger partial charge in [-0.3, -0.25) is 0 Å². The van der Waals surface area contributed by atoms with Gasteiger partial charge in [0.15, 0.2) is 0 Å². The molecule has 4 heterocycles. The second-order valence-corrected chi connectivity index (χ2v) is 16.6. The summed E-state index contributed by atoms with van der Waals surface area (Å²) in [5.74, 6) is 0. The largest absolute Gasteiger partial charge is 0.241 e. The summed E-state index contributed by atoms with van der Waals surface area (Å²) in [6, 6.07) is 0. The van der Waals surface area contributed by atoms with Crippen LogP contribution >= 0.6 is 22.5 Å². The van der Waals surface area contributed by atoms with E-state index in [9.17, 15) is 0 Å². The summed E-state index contributed by atoms with van der Waals surface area (Å²) in [7, 11) is 7.08. The van der Waals surface area contributed by atoms with Crippen molar-refractivity contribution in [3.8, 4) is 0 Å². The number of likely N-dealkylation sites (N-methyl/N-ethyl adjacent to an activating group) is 6. The maximum atomic E-state index is 5.52. The van der Waals surface area contributed by atoms with E-state index < -0.39 is 22.5 Å². The van der Waals surface area contributed by atoms with E-state index in [-0.39, 0.29) is 0 Å². The average molecular weight is 393 g/mol. The van der Waals surface area contributed by atoms with Gasteiger partial charge >= 0.3 is 0 Å². The summed E-state index contributed by atoms with van der Waals surface area (Å²) in [6.45, 7) is 6.24. The quantitative estimate of drug-likeness (QED) is 0.590. The van der Waals surface area contributed by atoms with Gasteiger partial charge in [-0.05, 0) is 42.3 Å². The van der Waals surface area contributed by atoms with Crippen LogP contribution in [-0.2, 0) is 0 Å². The predicted octanol–water partition coefficient (Wildman–Crippen LogP) is 2.47. The monoisotopic (exact) mass is 393 g/mol. The van der Waals surface area contributed by atoms with Gasteiger partial charge in [0, 0.05) is 39.3 Å². The van der Waals surface area contributed by atoms with Gasteiger partial charge in [-0.2, -0.15) is 13.5 Å². The number of hydrogen-bond acceptors (Lipinski definition) is 9. The molecule has 138 valence electrons. The van der Waals surface area contributed by atoms with Gasteiger partial charge in [0.1, 0.15) is 0 Å². The summed E-state index contributed by atoms with van der Waals surface area (Å²) < 4.78 is 31.1. The van der Waals surface area contributed by atoms with E-state index in [1.54, 1.807) is 0 Å². The van der Waals surface area contributed by atoms with E-state index in [1.165, 1.54) is 0 Å². The van der Waals surface area contributed by atoms with E-state index in [1.807, 2.05) is 0 Å². The van der Waals surface area contributed by atoms with Gasteiger partial charge in [0.2, 0.25) is 22.5 Å². The Kier molecular flexibility index (Phi) is 4.25. The average Bonchev–Trinajstić information content (AvgIpc) is 3.07. The Morgan fingerprint density at radius 3 is 0.750 bits per heavy atom. The molecule has 0 N–H and O–H groups in total. The molecule has 3 fully saturated rings. The number of nitrogens with zero attached hydrogens (tertiary/aromatic N) is 9. The lowest BCUT2D eigenvalue weighted by Gasteiger charge is -2.43. The molecule has 4 aliphatic rings. The smallest absolute Gasteiger partial charge is 0.220 e. The van der Waals surface area contributed by atoms with E-state index in [0.717, 1.165) is 39.3 Å². The minimum absolute atomic E-state index is 1.04. The first-order valence-corrected chi connectivity index (χ1v) is 13.3. The molecule has 0 aromatic heterocycles. The Hall–Kier alpha value is 0.450. The van der Waals surface area contributed by atoms with Crippen molar-refractivity contribution in [1.82, 2.24) is 28.0 Å². The third-order valence-corrected chi connectivity index (χ3v) is 18.2. The normalized spacial score (nSPS) is 34.2. The van der Waals surface area contributed by atoms with Gasteiger partial charge in [0.25, 0.3) is 0 Å². The zero-order valence-corrected chi connectivity index (χ0v) is 18.3. The molecule has 3 spiro atoms. The Balaban J connectivity index is 2.08. The van der Waals surface area contributed by atoms with Crippen LogP contribution in [0.1, 0.15) is 0 Å². The van der Waals surface area contributed by atoms with Gasteiger partial charge in [-0.15, -0.1) is 0 Å². The first-order valence-electron chi connectivity index (χ1n) is 8.48. The van der Waals surface area contributed by atoms with Crippen molar-refractivity contribution in [1.29, 1.82) is 0 Å². The van der Waals surface area contributed by atoms with Crippen LogP contribution in [0.25, 0.3) is 0 Å². The highest BCUT2D eigenvalue weighted by molar-refractivity contribution is 7.83. The minimum atomic E-state index is -2.05. The molecule has 0 radical (unpaired) electrons. The zero-order chi connectivity index (χ0) is 17.3. The molecule has 4 aliphatic heterocycles. The Bertz CT molecular complexity index is 565. The first kappa shape index (κ1) is 17.8. The molecule has 0 aliphatic carbocycles. The first-order chi connectivity index (χ1) is 11.3. The molecule has 12 heteroatoms. The third-order valence-electron chi connectivity index (χ3n) is 5.71. The molecule has 0 bridgehead atoms. The van der Waals surface area contributed by atoms with E-state index in [2.05, 4.69) is 70.3 Å². The SMILES string of the molecule is CN1CCN(C)P12=NP1(=NP3(=N2)N(C)CCN3C)N(C)CCN1C. The highest BCUT2D eigenvalue weighted by Crippen LogP contribution is 2.84. The molecule has 24 heavy (non-hydrogen) atoms. The van der Waals surface area contributed by atoms with Crippen LogP contribution in [0.2, 0.25) is 0 Å². The van der Waals surface area contributed by atoms with Crippen molar-refractivity contribution in [3.05, 3.63) is 0 Å². The highest BCUT2D eigenvalue weighted by Gasteiger charge is 2.52. The standard InChI is InChI=1S/C12H30N9P3/c1-16-7-8-17(2)22(16)13-23(18(3)9-10-19(23)4)15-24(14-22)20(5)11-12-21(24)6/h7-12H2,1-6H3. The molecule has 0 amide bonds. The van der Waals surface area contributed by atoms with E-state index in [0.29, 0.717) is 0 Å². The van der Waals surface area contributed by atoms with Crippen molar-refractivity contribution in [3.63, 3.8) is 0 Å². The molecule has 0 aromatic carbocycles. The topological polar surface area (TPSA) is 56.5 Å². The molecular formula is C12H30N9P3. The maximum absolute atomic E-state index is 5.52. The van der Waals surface area contributed by atoms with Gasteiger partial charge in [0.05, 0.1) is 0 Å². The van der Waals surface area contributed by atoms with Gasteiger partial charge < -0.3 is 0 Å². The van der Waals surface area contributed by atoms with Crippen LogP contribution in [0.4, 0.5) is 0 Å². The Morgan fingerprint density at radius 1 is 0.417 bits per heavy atom. The van der Waals surface area contributed by atoms with Gasteiger partial charge in [-0.25, -0.2) is 28.0 Å². The Labute approximate surface area is 146 Å². The van der Waals surface area contributed by atoms with Crippen molar-refractivity contribution < 1.29 is 0 Å². The second kappa shape index (κ2) is 5.72. The predicted molar refractivity (Wildman–Crippen MR) is 104 cm³/mol. The molecule has 0 aromatic rings. The highest BCUT2D eigenvalue weighted by atomic mass is 31.3. The van der Waals surface area contributed by atoms with Crippen LogP contribution in [0.5, 0.6) is 0 Å². The lowest BCUT2D eigenvalue weighted by Crippen LogP contribution is -2.22. The molecule has 0 saturated carbocycles. The Morgan fingerprint density at radius 2 is 0.583 bits per heavy atom. The van der Waals surface area contributed by atoms with Crippen LogP contribution in [-0.4, -0.2) is 110 Å². The van der Waals surface area contributed by atoms with Gasteiger partial charge in [-0.1, -0.05) is 0 Å². The maximum Gasteiger partial charge on any atom is 0.220 e. The fraction of sp³-hybridized carbons (Fsp3) is 1.00. The summed E-state index contributed by atoms with van der Waals surface area (Å²) in [4.78, 5) is 0. The second-order valence-electron chi connectivity index (χ2n) is 7.17. The summed E-state index contributed by atoms with van der Waals surface area (Å²) in [5, 5.41) is 0. The van der Waals surface area contributed by atoms with Crippen molar-refractivity contribution in [2.45, 2.75) is 0 Å². The van der Waals surface area contributed by atoms with Crippen molar-refractivity contribution >= 4 is 22.5 Å². The summed E-state index contributed by atoms with van der Waals surface area (Å²) >= 11 is 0. The van der Waals surface area contributed by atoms with E-state index >= 15 is 0 Å². The van der Waals surface area contributed by atoms with Crippen LogP contribution in [0, 0.1) is 0 Å². The zero-order valence-electron chi connectivity index (χ0n) is 15.6. The minimum Gasteiger partial charge on any atom is -0.241 e. The summed E-state index contributed by atoms with van der Waals surface area (Å²) in [6.07, 6.45) is 0. The van der Waals surface area contributed by atoms with Crippen LogP contribution in [0.3, 0.4) is 0 Å². The van der Waals surface area contributed by atoms with Crippen LogP contribution < -0.4 is 0 Å². The third kappa shape index (κ3) is 2.14. The number of rotatable bonds is 0. The number of hydrogen-bond donors (Lipinski definition) is 0. The lowest BCUT2D eigenvalue weighted by molar-refractivity contribution is 0.553. The molecule has 0 atom stereocenters. The van der Waals surface area contributed by atoms with Crippen LogP contribution in [0.15, 0.2) is 13.5 Å². The van der Waals surface area contributed by atoms with Crippen molar-refractivity contribution in [2.75, 3.05) is 81.6 Å².